The second kappa shape index (κ2) is 4.84. The Labute approximate surface area is 108 Å². The Hall–Kier alpha value is -1.16. The van der Waals surface area contributed by atoms with Crippen molar-refractivity contribution in [2.75, 3.05) is 6.54 Å². The molecule has 2 aliphatic rings. The van der Waals surface area contributed by atoms with Crippen LogP contribution in [0.1, 0.15) is 42.6 Å². The van der Waals surface area contributed by atoms with Gasteiger partial charge in [-0.05, 0) is 37.0 Å². The van der Waals surface area contributed by atoms with Crippen molar-refractivity contribution in [3.05, 3.63) is 18.2 Å². The summed E-state index contributed by atoms with van der Waals surface area (Å²) in [6, 6.07) is 0. The quantitative estimate of drug-likeness (QED) is 0.808. The van der Waals surface area contributed by atoms with Crippen molar-refractivity contribution < 1.29 is 4.79 Å². The molecule has 0 saturated heterocycles. The number of hydrogen-bond acceptors (Lipinski definition) is 3. The highest BCUT2D eigenvalue weighted by atomic mass is 16.1. The summed E-state index contributed by atoms with van der Waals surface area (Å²) < 4.78 is 1.90. The van der Waals surface area contributed by atoms with Gasteiger partial charge in [-0.2, -0.15) is 0 Å². The van der Waals surface area contributed by atoms with Crippen LogP contribution in [0.15, 0.2) is 12.5 Å². The number of nitrogens with zero attached hydrogens (tertiary/aromatic N) is 2. The van der Waals surface area contributed by atoms with E-state index in [1.54, 1.807) is 6.33 Å². The predicted molar refractivity (Wildman–Crippen MR) is 69.2 cm³/mol. The highest BCUT2D eigenvalue weighted by Gasteiger charge is 2.40. The van der Waals surface area contributed by atoms with Gasteiger partial charge in [-0.1, -0.05) is 6.42 Å². The van der Waals surface area contributed by atoms with E-state index in [9.17, 15) is 4.79 Å². The molecule has 1 aromatic heterocycles. The molecule has 3 atom stereocenters. The number of carbonyl (C=O) groups excluding carboxylic acids is 1. The van der Waals surface area contributed by atoms with Gasteiger partial charge in [-0.25, -0.2) is 4.98 Å². The number of aromatic nitrogens is 2. The molecule has 2 aliphatic carbocycles. The Morgan fingerprint density at radius 3 is 3.00 bits per heavy atom. The molecular formula is C14H21N3O. The van der Waals surface area contributed by atoms with E-state index in [-0.39, 0.29) is 5.78 Å². The lowest BCUT2D eigenvalue weighted by Crippen LogP contribution is -2.15. The van der Waals surface area contributed by atoms with Crippen LogP contribution >= 0.6 is 0 Å². The van der Waals surface area contributed by atoms with Crippen LogP contribution in [0.2, 0.25) is 0 Å². The molecule has 1 heterocycles. The standard InChI is InChI=1S/C14H21N3O/c15-3-4-17-8-13(16-9-17)14(18)7-12-6-10-1-2-11(12)5-10/h8-12H,1-7,15H2. The van der Waals surface area contributed by atoms with Gasteiger partial charge in [0, 0.05) is 25.7 Å². The average Bonchev–Trinajstić information content (AvgIpc) is 3.04. The second-order valence-corrected chi connectivity index (χ2v) is 5.85. The zero-order valence-corrected chi connectivity index (χ0v) is 10.7. The summed E-state index contributed by atoms with van der Waals surface area (Å²) in [5.74, 6) is 2.55. The fourth-order valence-corrected chi connectivity index (χ4v) is 3.74. The summed E-state index contributed by atoms with van der Waals surface area (Å²) in [5.41, 5.74) is 6.10. The van der Waals surface area contributed by atoms with Crippen LogP contribution < -0.4 is 5.73 Å². The van der Waals surface area contributed by atoms with E-state index >= 15 is 0 Å². The SMILES string of the molecule is NCCn1cnc(C(=O)CC2CC3CCC2C3)c1. The van der Waals surface area contributed by atoms with Gasteiger partial charge >= 0.3 is 0 Å². The smallest absolute Gasteiger partial charge is 0.183 e. The fraction of sp³-hybridized carbons (Fsp3) is 0.714. The van der Waals surface area contributed by atoms with Crippen molar-refractivity contribution in [1.82, 2.24) is 9.55 Å². The highest BCUT2D eigenvalue weighted by molar-refractivity contribution is 5.94. The summed E-state index contributed by atoms with van der Waals surface area (Å²) in [6.45, 7) is 1.31. The molecule has 2 saturated carbocycles. The molecule has 4 nitrogen and oxygen atoms in total. The van der Waals surface area contributed by atoms with E-state index in [0.29, 0.717) is 24.6 Å². The third-order valence-electron chi connectivity index (χ3n) is 4.64. The normalized spacial score (nSPS) is 29.9. The Balaban J connectivity index is 1.60. The lowest BCUT2D eigenvalue weighted by atomic mass is 9.85. The summed E-state index contributed by atoms with van der Waals surface area (Å²) in [4.78, 5) is 16.4. The summed E-state index contributed by atoms with van der Waals surface area (Å²) in [5, 5.41) is 0. The van der Waals surface area contributed by atoms with Crippen LogP contribution in [0.5, 0.6) is 0 Å². The molecule has 0 aliphatic heterocycles. The zero-order valence-electron chi connectivity index (χ0n) is 10.7. The van der Waals surface area contributed by atoms with E-state index in [0.717, 1.165) is 18.4 Å². The monoisotopic (exact) mass is 247 g/mol. The molecule has 4 heteroatoms. The molecule has 2 fully saturated rings. The van der Waals surface area contributed by atoms with Crippen LogP contribution in [0, 0.1) is 17.8 Å². The van der Waals surface area contributed by atoms with Crippen LogP contribution in [0.4, 0.5) is 0 Å². The first kappa shape index (κ1) is 11.9. The molecule has 98 valence electrons. The van der Waals surface area contributed by atoms with Gasteiger partial charge < -0.3 is 10.3 Å². The van der Waals surface area contributed by atoms with Crippen molar-refractivity contribution in [2.45, 2.75) is 38.6 Å². The maximum absolute atomic E-state index is 12.2. The fourth-order valence-electron chi connectivity index (χ4n) is 3.74. The lowest BCUT2D eigenvalue weighted by Gasteiger charge is -2.20. The molecular weight excluding hydrogens is 226 g/mol. The maximum atomic E-state index is 12.2. The van der Waals surface area contributed by atoms with Gasteiger partial charge in [-0.15, -0.1) is 0 Å². The van der Waals surface area contributed by atoms with Crippen molar-refractivity contribution in [3.63, 3.8) is 0 Å². The molecule has 2 N–H and O–H groups in total. The Kier molecular flexibility index (Phi) is 3.20. The second-order valence-electron chi connectivity index (χ2n) is 5.85. The van der Waals surface area contributed by atoms with Crippen LogP contribution in [-0.2, 0) is 6.54 Å². The van der Waals surface area contributed by atoms with E-state index in [1.165, 1.54) is 25.7 Å². The highest BCUT2D eigenvalue weighted by Crippen LogP contribution is 2.49. The Morgan fingerprint density at radius 2 is 2.33 bits per heavy atom. The van der Waals surface area contributed by atoms with Crippen molar-refractivity contribution in [1.29, 1.82) is 0 Å². The Bertz CT molecular complexity index is 440. The molecule has 0 aromatic carbocycles. The number of imidazole rings is 1. The number of carbonyl (C=O) groups is 1. The van der Waals surface area contributed by atoms with Crippen molar-refractivity contribution in [3.8, 4) is 0 Å². The van der Waals surface area contributed by atoms with Gasteiger partial charge in [0.2, 0.25) is 0 Å². The lowest BCUT2D eigenvalue weighted by molar-refractivity contribution is 0.0939. The first-order valence-electron chi connectivity index (χ1n) is 7.01. The summed E-state index contributed by atoms with van der Waals surface area (Å²) in [7, 11) is 0. The number of hydrogen-bond donors (Lipinski definition) is 1. The topological polar surface area (TPSA) is 60.9 Å². The van der Waals surface area contributed by atoms with Gasteiger partial charge in [-0.3, -0.25) is 4.79 Å². The molecule has 2 bridgehead atoms. The first-order valence-corrected chi connectivity index (χ1v) is 7.01. The number of nitrogens with two attached hydrogens (primary N) is 1. The molecule has 0 amide bonds. The molecule has 18 heavy (non-hydrogen) atoms. The number of Topliss-reactive ketones (excluding diaryl/α,β-unsaturated/α-hetero) is 1. The number of fused-ring (bicyclic) bond motifs is 2. The van der Waals surface area contributed by atoms with Crippen LogP contribution in [0.25, 0.3) is 0 Å². The van der Waals surface area contributed by atoms with E-state index in [1.807, 2.05) is 10.8 Å². The largest absolute Gasteiger partial charge is 0.335 e. The number of rotatable bonds is 5. The minimum atomic E-state index is 0.211. The van der Waals surface area contributed by atoms with Crippen molar-refractivity contribution >= 4 is 5.78 Å². The predicted octanol–water partition coefficient (Wildman–Crippen LogP) is 1.85. The zero-order chi connectivity index (χ0) is 12.5. The van der Waals surface area contributed by atoms with Crippen LogP contribution in [0.3, 0.4) is 0 Å². The third-order valence-corrected chi connectivity index (χ3v) is 4.64. The molecule has 1 aromatic rings. The third kappa shape index (κ3) is 2.21. The molecule has 3 unspecified atom stereocenters. The first-order chi connectivity index (χ1) is 8.76. The van der Waals surface area contributed by atoms with Crippen LogP contribution in [-0.4, -0.2) is 21.9 Å². The average molecular weight is 247 g/mol. The minimum Gasteiger partial charge on any atom is -0.335 e. The molecule has 0 radical (unpaired) electrons. The van der Waals surface area contributed by atoms with E-state index < -0.39 is 0 Å². The van der Waals surface area contributed by atoms with Gasteiger partial charge in [0.05, 0.1) is 6.33 Å². The molecule has 0 spiro atoms. The van der Waals surface area contributed by atoms with E-state index in [4.69, 9.17) is 5.73 Å². The molecule has 3 rings (SSSR count). The van der Waals surface area contributed by atoms with E-state index in [2.05, 4.69) is 4.98 Å². The Morgan fingerprint density at radius 1 is 1.44 bits per heavy atom. The van der Waals surface area contributed by atoms with Gasteiger partial charge in [0.1, 0.15) is 5.69 Å². The number of ketones is 1. The van der Waals surface area contributed by atoms with Gasteiger partial charge in [0.15, 0.2) is 5.78 Å². The van der Waals surface area contributed by atoms with Gasteiger partial charge in [0.25, 0.3) is 0 Å². The maximum Gasteiger partial charge on any atom is 0.183 e. The summed E-state index contributed by atoms with van der Waals surface area (Å²) >= 11 is 0. The minimum absolute atomic E-state index is 0.211. The van der Waals surface area contributed by atoms with Crippen molar-refractivity contribution in [2.24, 2.45) is 23.5 Å². The summed E-state index contributed by atoms with van der Waals surface area (Å²) in [6.07, 6.45) is 9.59.